The van der Waals surface area contributed by atoms with E-state index in [0.717, 1.165) is 35.1 Å². The number of para-hydroxylation sites is 2. The first-order valence-corrected chi connectivity index (χ1v) is 7.73. The van der Waals surface area contributed by atoms with E-state index in [0.29, 0.717) is 13.1 Å². The molecule has 128 valence electrons. The quantitative estimate of drug-likeness (QED) is 0.365. The van der Waals surface area contributed by atoms with Gasteiger partial charge in [-0.05, 0) is 31.2 Å². The lowest BCUT2D eigenvalue weighted by atomic mass is 10.3. The number of fused-ring (bicyclic) bond motifs is 1. The van der Waals surface area contributed by atoms with Gasteiger partial charge in [0.25, 0.3) is 0 Å². The van der Waals surface area contributed by atoms with E-state index >= 15 is 0 Å². The summed E-state index contributed by atoms with van der Waals surface area (Å²) in [4.78, 5) is 9.24. The maximum atomic E-state index is 5.32. The molecule has 0 spiro atoms. The number of hydrogen-bond donors (Lipinski definition) is 2. The number of aryl methyl sites for hydroxylation is 1. The van der Waals surface area contributed by atoms with Crippen LogP contribution in [0.15, 0.2) is 52.1 Å². The van der Waals surface area contributed by atoms with Crippen molar-refractivity contribution in [2.45, 2.75) is 20.0 Å². The SMILES string of the molecule is CCNC(=NCc1nc2ccccc2n1C)NCc1ccco1.I. The maximum absolute atomic E-state index is 5.32. The third-order valence-electron chi connectivity index (χ3n) is 3.61. The van der Waals surface area contributed by atoms with Gasteiger partial charge in [-0.2, -0.15) is 0 Å². The van der Waals surface area contributed by atoms with Crippen LogP contribution in [0.5, 0.6) is 0 Å². The molecule has 0 bridgehead atoms. The molecule has 7 heteroatoms. The van der Waals surface area contributed by atoms with Crippen LogP contribution < -0.4 is 10.6 Å². The van der Waals surface area contributed by atoms with Gasteiger partial charge in [-0.15, -0.1) is 24.0 Å². The minimum atomic E-state index is 0. The Balaban J connectivity index is 0.00000208. The number of benzene rings is 1. The molecular formula is C17H22IN5O. The summed E-state index contributed by atoms with van der Waals surface area (Å²) in [6, 6.07) is 11.9. The third kappa shape index (κ3) is 4.28. The molecule has 0 aliphatic heterocycles. The van der Waals surface area contributed by atoms with Gasteiger partial charge >= 0.3 is 0 Å². The summed E-state index contributed by atoms with van der Waals surface area (Å²) in [6.07, 6.45) is 1.67. The predicted molar refractivity (Wildman–Crippen MR) is 106 cm³/mol. The van der Waals surface area contributed by atoms with E-state index in [1.807, 2.05) is 44.3 Å². The van der Waals surface area contributed by atoms with Crippen molar-refractivity contribution < 1.29 is 4.42 Å². The van der Waals surface area contributed by atoms with Crippen LogP contribution in [0.25, 0.3) is 11.0 Å². The fourth-order valence-corrected chi connectivity index (χ4v) is 2.41. The van der Waals surface area contributed by atoms with E-state index in [1.165, 1.54) is 0 Å². The first-order chi connectivity index (χ1) is 11.3. The molecule has 2 aromatic heterocycles. The molecule has 3 aromatic rings. The summed E-state index contributed by atoms with van der Waals surface area (Å²) in [6.45, 7) is 3.95. The molecule has 24 heavy (non-hydrogen) atoms. The molecule has 0 aliphatic rings. The molecule has 0 radical (unpaired) electrons. The highest BCUT2D eigenvalue weighted by molar-refractivity contribution is 14.0. The standard InChI is InChI=1S/C17H21N5O.HI/c1-3-18-17(19-11-13-7-6-10-23-13)20-12-16-21-14-8-4-5-9-15(14)22(16)2;/h4-10H,3,11-12H2,1-2H3,(H2,18,19,20);1H. The van der Waals surface area contributed by atoms with Crippen LogP contribution in [0.2, 0.25) is 0 Å². The number of furan rings is 1. The maximum Gasteiger partial charge on any atom is 0.192 e. The Kier molecular flexibility index (Phi) is 6.65. The average molecular weight is 439 g/mol. The van der Waals surface area contributed by atoms with Crippen molar-refractivity contribution in [2.75, 3.05) is 6.54 Å². The van der Waals surface area contributed by atoms with Crippen molar-refractivity contribution in [3.05, 3.63) is 54.2 Å². The Morgan fingerprint density at radius 2 is 2.04 bits per heavy atom. The van der Waals surface area contributed by atoms with Crippen molar-refractivity contribution in [3.8, 4) is 0 Å². The fourth-order valence-electron chi connectivity index (χ4n) is 2.41. The molecular weight excluding hydrogens is 417 g/mol. The Morgan fingerprint density at radius 3 is 2.75 bits per heavy atom. The minimum absolute atomic E-state index is 0. The number of aromatic nitrogens is 2. The second kappa shape index (κ2) is 8.72. The van der Waals surface area contributed by atoms with E-state index in [1.54, 1.807) is 6.26 Å². The van der Waals surface area contributed by atoms with Gasteiger partial charge in [0, 0.05) is 13.6 Å². The second-order valence-corrected chi connectivity index (χ2v) is 5.20. The second-order valence-electron chi connectivity index (χ2n) is 5.20. The smallest absolute Gasteiger partial charge is 0.192 e. The van der Waals surface area contributed by atoms with Crippen LogP contribution in [-0.4, -0.2) is 22.1 Å². The molecule has 0 amide bonds. The zero-order valence-electron chi connectivity index (χ0n) is 13.8. The number of rotatable bonds is 5. The number of halogens is 1. The summed E-state index contributed by atoms with van der Waals surface area (Å²) in [5, 5.41) is 6.48. The summed E-state index contributed by atoms with van der Waals surface area (Å²) in [7, 11) is 2.02. The van der Waals surface area contributed by atoms with Crippen LogP contribution in [0, 0.1) is 0 Å². The highest BCUT2D eigenvalue weighted by Crippen LogP contribution is 2.14. The lowest BCUT2D eigenvalue weighted by molar-refractivity contribution is 0.501. The first-order valence-electron chi connectivity index (χ1n) is 7.73. The molecule has 3 rings (SSSR count). The Labute approximate surface area is 158 Å². The van der Waals surface area contributed by atoms with E-state index in [2.05, 4.69) is 31.2 Å². The normalized spacial score (nSPS) is 11.3. The van der Waals surface area contributed by atoms with Gasteiger partial charge in [-0.1, -0.05) is 12.1 Å². The summed E-state index contributed by atoms with van der Waals surface area (Å²) >= 11 is 0. The van der Waals surface area contributed by atoms with Crippen molar-refractivity contribution in [3.63, 3.8) is 0 Å². The van der Waals surface area contributed by atoms with Gasteiger partial charge < -0.3 is 19.6 Å². The van der Waals surface area contributed by atoms with Crippen molar-refractivity contribution in [1.29, 1.82) is 0 Å². The molecule has 0 fully saturated rings. The number of aliphatic imine (C=N–C) groups is 1. The Hall–Kier alpha value is -2.03. The van der Waals surface area contributed by atoms with Gasteiger partial charge in [-0.3, -0.25) is 0 Å². The first kappa shape index (κ1) is 18.3. The highest BCUT2D eigenvalue weighted by Gasteiger charge is 2.07. The van der Waals surface area contributed by atoms with Crippen LogP contribution >= 0.6 is 24.0 Å². The van der Waals surface area contributed by atoms with E-state index in [9.17, 15) is 0 Å². The lowest BCUT2D eigenvalue weighted by Gasteiger charge is -2.10. The third-order valence-corrected chi connectivity index (χ3v) is 3.61. The number of hydrogen-bond acceptors (Lipinski definition) is 3. The van der Waals surface area contributed by atoms with Gasteiger partial charge in [-0.25, -0.2) is 9.98 Å². The fraction of sp³-hybridized carbons (Fsp3) is 0.294. The van der Waals surface area contributed by atoms with Gasteiger partial charge in [0.2, 0.25) is 0 Å². The predicted octanol–water partition coefficient (Wildman–Crippen LogP) is 3.04. The van der Waals surface area contributed by atoms with Crippen LogP contribution in [-0.2, 0) is 20.1 Å². The van der Waals surface area contributed by atoms with Crippen molar-refractivity contribution in [2.24, 2.45) is 12.0 Å². The van der Waals surface area contributed by atoms with Gasteiger partial charge in [0.05, 0.1) is 23.8 Å². The lowest BCUT2D eigenvalue weighted by Crippen LogP contribution is -2.36. The number of guanidine groups is 1. The number of imidazole rings is 1. The molecule has 0 aliphatic carbocycles. The van der Waals surface area contributed by atoms with E-state index in [4.69, 9.17) is 4.42 Å². The minimum Gasteiger partial charge on any atom is -0.467 e. The van der Waals surface area contributed by atoms with Crippen molar-refractivity contribution in [1.82, 2.24) is 20.2 Å². The van der Waals surface area contributed by atoms with Crippen LogP contribution in [0.3, 0.4) is 0 Å². The molecule has 0 unspecified atom stereocenters. The highest BCUT2D eigenvalue weighted by atomic mass is 127. The molecule has 0 saturated heterocycles. The molecule has 2 N–H and O–H groups in total. The zero-order chi connectivity index (χ0) is 16.1. The molecule has 6 nitrogen and oxygen atoms in total. The monoisotopic (exact) mass is 439 g/mol. The number of nitrogens with zero attached hydrogens (tertiary/aromatic N) is 3. The Bertz CT molecular complexity index is 795. The topological polar surface area (TPSA) is 67.4 Å². The molecule has 2 heterocycles. The van der Waals surface area contributed by atoms with E-state index in [-0.39, 0.29) is 24.0 Å². The summed E-state index contributed by atoms with van der Waals surface area (Å²) < 4.78 is 7.40. The zero-order valence-corrected chi connectivity index (χ0v) is 16.2. The molecule has 0 saturated carbocycles. The van der Waals surface area contributed by atoms with Gasteiger partial charge in [0.15, 0.2) is 5.96 Å². The van der Waals surface area contributed by atoms with E-state index < -0.39 is 0 Å². The Morgan fingerprint density at radius 1 is 1.21 bits per heavy atom. The average Bonchev–Trinajstić information content (AvgIpc) is 3.19. The van der Waals surface area contributed by atoms with Crippen LogP contribution in [0.4, 0.5) is 0 Å². The van der Waals surface area contributed by atoms with Crippen LogP contribution in [0.1, 0.15) is 18.5 Å². The van der Waals surface area contributed by atoms with Crippen molar-refractivity contribution >= 4 is 41.0 Å². The van der Waals surface area contributed by atoms with Gasteiger partial charge in [0.1, 0.15) is 18.1 Å². The number of nitrogens with one attached hydrogen (secondary N) is 2. The largest absolute Gasteiger partial charge is 0.467 e. The molecule has 0 atom stereocenters. The molecule has 1 aromatic carbocycles. The summed E-state index contributed by atoms with van der Waals surface area (Å²) in [5.41, 5.74) is 2.11. The summed E-state index contributed by atoms with van der Waals surface area (Å²) in [5.74, 6) is 2.55.